The minimum atomic E-state index is -0.890. The van der Waals surface area contributed by atoms with E-state index >= 15 is 0 Å². The predicted octanol–water partition coefficient (Wildman–Crippen LogP) is 4.12. The van der Waals surface area contributed by atoms with Gasteiger partial charge in [-0.25, -0.2) is 8.78 Å². The van der Waals surface area contributed by atoms with Gasteiger partial charge in [-0.05, 0) is 29.8 Å². The summed E-state index contributed by atoms with van der Waals surface area (Å²) in [6.07, 6.45) is 0.380. The predicted molar refractivity (Wildman–Crippen MR) is 70.2 cm³/mol. The summed E-state index contributed by atoms with van der Waals surface area (Å²) in [7, 11) is 0. The lowest BCUT2D eigenvalue weighted by Gasteiger charge is -2.09. The first-order valence-corrected chi connectivity index (χ1v) is 6.21. The summed E-state index contributed by atoms with van der Waals surface area (Å²) in [6, 6.07) is 9.04. The van der Waals surface area contributed by atoms with Gasteiger partial charge in [0.15, 0.2) is 17.4 Å². The van der Waals surface area contributed by atoms with E-state index in [-0.39, 0.29) is 12.2 Å². The third-order valence-corrected chi connectivity index (χ3v) is 2.98. The average Bonchev–Trinajstić information content (AvgIpc) is 2.39. The molecule has 0 fully saturated rings. The standard InChI is InChI=1S/C14H9BrF2O2/c15-11-3-1-9(2-4-11)8-19-14-12(16)5-10(7-18)6-13(14)17/h1-7H,8H2. The summed E-state index contributed by atoms with van der Waals surface area (Å²) in [5, 5.41) is 0. The number of hydrogen-bond acceptors (Lipinski definition) is 2. The fourth-order valence-electron chi connectivity index (χ4n) is 1.52. The first kappa shape index (κ1) is 13.7. The number of carbonyl (C=O) groups excluding carboxylic acids is 1. The van der Waals surface area contributed by atoms with Crippen LogP contribution >= 0.6 is 15.9 Å². The van der Waals surface area contributed by atoms with Crippen LogP contribution in [0.5, 0.6) is 5.75 Å². The van der Waals surface area contributed by atoms with Crippen molar-refractivity contribution in [1.29, 1.82) is 0 Å². The highest BCUT2D eigenvalue weighted by Gasteiger charge is 2.12. The van der Waals surface area contributed by atoms with Gasteiger partial charge in [-0.1, -0.05) is 28.1 Å². The van der Waals surface area contributed by atoms with Crippen molar-refractivity contribution in [2.45, 2.75) is 6.61 Å². The first-order valence-electron chi connectivity index (χ1n) is 5.41. The number of benzene rings is 2. The maximum atomic E-state index is 13.5. The lowest BCUT2D eigenvalue weighted by atomic mass is 10.2. The summed E-state index contributed by atoms with van der Waals surface area (Å²) >= 11 is 3.29. The molecule has 0 aliphatic carbocycles. The van der Waals surface area contributed by atoms with Gasteiger partial charge >= 0.3 is 0 Å². The molecule has 2 nitrogen and oxygen atoms in total. The van der Waals surface area contributed by atoms with Crippen molar-refractivity contribution in [2.24, 2.45) is 0 Å². The number of rotatable bonds is 4. The average molecular weight is 327 g/mol. The minimum absolute atomic E-state index is 0.0432. The number of ether oxygens (including phenoxy) is 1. The van der Waals surface area contributed by atoms with E-state index in [9.17, 15) is 13.6 Å². The normalized spacial score (nSPS) is 10.3. The Balaban J connectivity index is 2.15. The van der Waals surface area contributed by atoms with E-state index in [0.29, 0.717) is 6.29 Å². The lowest BCUT2D eigenvalue weighted by Crippen LogP contribution is -2.01. The fraction of sp³-hybridized carbons (Fsp3) is 0.0714. The molecule has 2 rings (SSSR count). The third-order valence-electron chi connectivity index (χ3n) is 2.45. The molecule has 2 aromatic rings. The zero-order valence-corrected chi connectivity index (χ0v) is 11.3. The zero-order valence-electron chi connectivity index (χ0n) is 9.70. The molecule has 19 heavy (non-hydrogen) atoms. The third kappa shape index (κ3) is 3.38. The van der Waals surface area contributed by atoms with Crippen molar-refractivity contribution >= 4 is 22.2 Å². The Morgan fingerprint density at radius 2 is 1.68 bits per heavy atom. The number of hydrogen-bond donors (Lipinski definition) is 0. The fourth-order valence-corrected chi connectivity index (χ4v) is 1.79. The molecule has 0 spiro atoms. The molecule has 2 aromatic carbocycles. The molecule has 0 radical (unpaired) electrons. The zero-order chi connectivity index (χ0) is 13.8. The van der Waals surface area contributed by atoms with E-state index in [1.807, 2.05) is 0 Å². The van der Waals surface area contributed by atoms with Crippen LogP contribution in [-0.2, 0) is 6.61 Å². The van der Waals surface area contributed by atoms with Gasteiger partial charge in [-0.15, -0.1) is 0 Å². The maximum absolute atomic E-state index is 13.5. The molecule has 98 valence electrons. The summed E-state index contributed by atoms with van der Waals surface area (Å²) in [6.45, 7) is 0.0432. The SMILES string of the molecule is O=Cc1cc(F)c(OCc2ccc(Br)cc2)c(F)c1. The molecule has 0 saturated heterocycles. The molecule has 0 saturated carbocycles. The van der Waals surface area contributed by atoms with Gasteiger partial charge in [-0.2, -0.15) is 0 Å². The van der Waals surface area contributed by atoms with Gasteiger partial charge in [0.25, 0.3) is 0 Å². The summed E-state index contributed by atoms with van der Waals surface area (Å²) in [5.74, 6) is -2.26. The quantitative estimate of drug-likeness (QED) is 0.790. The number of aldehydes is 1. The first-order chi connectivity index (χ1) is 9.10. The van der Waals surface area contributed by atoms with Crippen LogP contribution in [0.2, 0.25) is 0 Å². The molecule has 0 N–H and O–H groups in total. The molecule has 0 heterocycles. The Hall–Kier alpha value is -1.75. The highest BCUT2D eigenvalue weighted by Crippen LogP contribution is 2.24. The second-order valence-corrected chi connectivity index (χ2v) is 4.76. The topological polar surface area (TPSA) is 26.3 Å². The molecule has 0 unspecified atom stereocenters. The minimum Gasteiger partial charge on any atom is -0.483 e. The summed E-state index contributed by atoms with van der Waals surface area (Å²) in [5.41, 5.74) is 0.715. The van der Waals surface area contributed by atoms with Crippen LogP contribution in [0.15, 0.2) is 40.9 Å². The van der Waals surface area contributed by atoms with E-state index in [4.69, 9.17) is 4.74 Å². The van der Waals surface area contributed by atoms with Crippen molar-refractivity contribution < 1.29 is 18.3 Å². The van der Waals surface area contributed by atoms with Gasteiger partial charge in [0, 0.05) is 10.0 Å². The van der Waals surface area contributed by atoms with E-state index in [1.54, 1.807) is 24.3 Å². The van der Waals surface area contributed by atoms with Gasteiger partial charge in [0.1, 0.15) is 12.9 Å². The molecule has 0 bridgehead atoms. The number of carbonyl (C=O) groups is 1. The van der Waals surface area contributed by atoms with Crippen molar-refractivity contribution in [3.8, 4) is 5.75 Å². The van der Waals surface area contributed by atoms with Crippen LogP contribution < -0.4 is 4.74 Å². The Morgan fingerprint density at radius 1 is 1.11 bits per heavy atom. The Labute approximate surface area is 117 Å². The lowest BCUT2D eigenvalue weighted by molar-refractivity contribution is 0.112. The maximum Gasteiger partial charge on any atom is 0.191 e. The van der Waals surface area contributed by atoms with Gasteiger partial charge in [0.05, 0.1) is 0 Å². The second-order valence-electron chi connectivity index (χ2n) is 3.85. The smallest absolute Gasteiger partial charge is 0.191 e. The van der Waals surface area contributed by atoms with Gasteiger partial charge < -0.3 is 4.74 Å². The molecule has 0 atom stereocenters. The largest absolute Gasteiger partial charge is 0.483 e. The van der Waals surface area contributed by atoms with Crippen LogP contribution in [-0.4, -0.2) is 6.29 Å². The van der Waals surface area contributed by atoms with Crippen LogP contribution in [0.25, 0.3) is 0 Å². The van der Waals surface area contributed by atoms with Crippen LogP contribution in [0.3, 0.4) is 0 Å². The summed E-state index contributed by atoms with van der Waals surface area (Å²) < 4.78 is 33.1. The van der Waals surface area contributed by atoms with Crippen molar-refractivity contribution in [1.82, 2.24) is 0 Å². The molecule has 0 aromatic heterocycles. The van der Waals surface area contributed by atoms with Gasteiger partial charge in [-0.3, -0.25) is 4.79 Å². The van der Waals surface area contributed by atoms with Crippen LogP contribution in [0.4, 0.5) is 8.78 Å². The van der Waals surface area contributed by atoms with Crippen LogP contribution in [0.1, 0.15) is 15.9 Å². The highest BCUT2D eigenvalue weighted by atomic mass is 79.9. The van der Waals surface area contributed by atoms with Crippen molar-refractivity contribution in [3.63, 3.8) is 0 Å². The molecular weight excluding hydrogens is 318 g/mol. The summed E-state index contributed by atoms with van der Waals surface area (Å²) in [4.78, 5) is 10.5. The molecule has 0 aliphatic heterocycles. The Morgan fingerprint density at radius 3 is 2.21 bits per heavy atom. The van der Waals surface area contributed by atoms with E-state index in [1.165, 1.54) is 0 Å². The second kappa shape index (κ2) is 5.93. The highest BCUT2D eigenvalue weighted by molar-refractivity contribution is 9.10. The van der Waals surface area contributed by atoms with Crippen molar-refractivity contribution in [3.05, 3.63) is 63.6 Å². The van der Waals surface area contributed by atoms with E-state index in [0.717, 1.165) is 22.2 Å². The molecule has 0 amide bonds. The Bertz CT molecular complexity index is 574. The van der Waals surface area contributed by atoms with Crippen LogP contribution in [0, 0.1) is 11.6 Å². The molecular formula is C14H9BrF2O2. The number of halogens is 3. The Kier molecular flexibility index (Phi) is 4.27. The van der Waals surface area contributed by atoms with Gasteiger partial charge in [0.2, 0.25) is 0 Å². The van der Waals surface area contributed by atoms with E-state index in [2.05, 4.69) is 15.9 Å². The molecule has 0 aliphatic rings. The van der Waals surface area contributed by atoms with E-state index < -0.39 is 17.4 Å². The molecule has 5 heteroatoms. The van der Waals surface area contributed by atoms with Crippen molar-refractivity contribution in [2.75, 3.05) is 0 Å². The monoisotopic (exact) mass is 326 g/mol.